The summed E-state index contributed by atoms with van der Waals surface area (Å²) < 4.78 is 10.8. The molecule has 7 heteroatoms. The van der Waals surface area contributed by atoms with Crippen LogP contribution in [0.1, 0.15) is 12.5 Å². The van der Waals surface area contributed by atoms with Crippen molar-refractivity contribution in [1.29, 1.82) is 0 Å². The zero-order valence-corrected chi connectivity index (χ0v) is 14.8. The Balaban J connectivity index is 2.18. The number of esters is 1. The van der Waals surface area contributed by atoms with E-state index in [9.17, 15) is 9.59 Å². The highest BCUT2D eigenvalue weighted by atomic mass is 32.2. The van der Waals surface area contributed by atoms with Crippen molar-refractivity contribution in [2.75, 3.05) is 19.8 Å². The quantitative estimate of drug-likeness (QED) is 0.321. The molecule has 0 N–H and O–H groups in total. The Morgan fingerprint density at radius 2 is 2.17 bits per heavy atom. The molecule has 1 aliphatic heterocycles. The van der Waals surface area contributed by atoms with Crippen molar-refractivity contribution in [2.24, 2.45) is 0 Å². The zero-order chi connectivity index (χ0) is 17.5. The molecule has 1 fully saturated rings. The molecule has 0 aliphatic carbocycles. The average molecular weight is 363 g/mol. The zero-order valence-electron chi connectivity index (χ0n) is 13.2. The summed E-state index contributed by atoms with van der Waals surface area (Å²) in [5.41, 5.74) is 0.695. The smallest absolute Gasteiger partial charge is 0.344 e. The molecular formula is C17H17NO4S2. The van der Waals surface area contributed by atoms with Gasteiger partial charge in [-0.15, -0.1) is 6.58 Å². The molecule has 1 saturated heterocycles. The second-order valence-corrected chi connectivity index (χ2v) is 6.39. The number of hydrogen-bond acceptors (Lipinski definition) is 6. The molecule has 0 radical (unpaired) electrons. The number of ether oxygens (including phenoxy) is 2. The third-order valence-corrected chi connectivity index (χ3v) is 4.42. The van der Waals surface area contributed by atoms with Gasteiger partial charge in [-0.25, -0.2) is 4.79 Å². The van der Waals surface area contributed by atoms with Crippen molar-refractivity contribution in [1.82, 2.24) is 4.90 Å². The summed E-state index contributed by atoms with van der Waals surface area (Å²) in [5, 5.41) is 0. The Morgan fingerprint density at radius 3 is 2.88 bits per heavy atom. The monoisotopic (exact) mass is 363 g/mol. The molecule has 1 aliphatic rings. The summed E-state index contributed by atoms with van der Waals surface area (Å²) in [4.78, 5) is 25.8. The number of thiocarbonyl (C=S) groups is 1. The maximum Gasteiger partial charge on any atom is 0.344 e. The SMILES string of the molecule is C=CCN1C(=O)/C(=C/c2ccccc2OCC(=O)OCC)SC1=S. The van der Waals surface area contributed by atoms with E-state index in [1.807, 2.05) is 6.07 Å². The molecule has 0 unspecified atom stereocenters. The van der Waals surface area contributed by atoms with Gasteiger partial charge in [-0.3, -0.25) is 9.69 Å². The van der Waals surface area contributed by atoms with Gasteiger partial charge in [0.25, 0.3) is 5.91 Å². The van der Waals surface area contributed by atoms with Gasteiger partial charge in [0.05, 0.1) is 11.5 Å². The number of para-hydroxylation sites is 1. The molecule has 0 aromatic heterocycles. The Bertz CT molecular complexity index is 700. The van der Waals surface area contributed by atoms with Gasteiger partial charge in [-0.2, -0.15) is 0 Å². The van der Waals surface area contributed by atoms with Gasteiger partial charge in [0.1, 0.15) is 10.1 Å². The summed E-state index contributed by atoms with van der Waals surface area (Å²) in [6, 6.07) is 7.16. The number of amides is 1. The minimum Gasteiger partial charge on any atom is -0.481 e. The second-order valence-electron chi connectivity index (χ2n) is 4.71. The molecule has 1 aromatic rings. The highest BCUT2D eigenvalue weighted by Gasteiger charge is 2.31. The minimum atomic E-state index is -0.440. The number of thioether (sulfide) groups is 1. The summed E-state index contributed by atoms with van der Waals surface area (Å²) in [7, 11) is 0. The van der Waals surface area contributed by atoms with Crippen LogP contribution in [-0.4, -0.2) is 40.9 Å². The molecular weight excluding hydrogens is 346 g/mol. The first-order valence-electron chi connectivity index (χ1n) is 7.30. The maximum absolute atomic E-state index is 12.4. The Labute approximate surface area is 150 Å². The molecule has 0 spiro atoms. The molecule has 2 rings (SSSR count). The van der Waals surface area contributed by atoms with Gasteiger partial charge in [-0.05, 0) is 19.1 Å². The van der Waals surface area contributed by atoms with E-state index < -0.39 is 5.97 Å². The van der Waals surface area contributed by atoms with E-state index >= 15 is 0 Å². The number of nitrogens with zero attached hydrogens (tertiary/aromatic N) is 1. The van der Waals surface area contributed by atoms with Crippen molar-refractivity contribution in [3.63, 3.8) is 0 Å². The average Bonchev–Trinajstić information content (AvgIpc) is 2.82. The normalized spacial score (nSPS) is 15.7. The lowest BCUT2D eigenvalue weighted by atomic mass is 10.2. The van der Waals surface area contributed by atoms with E-state index in [4.69, 9.17) is 21.7 Å². The molecule has 126 valence electrons. The number of carbonyl (C=O) groups is 2. The summed E-state index contributed by atoms with van der Waals surface area (Å²) in [5.74, 6) is -0.103. The predicted octanol–water partition coefficient (Wildman–Crippen LogP) is 3.02. The lowest BCUT2D eigenvalue weighted by Crippen LogP contribution is -2.27. The highest BCUT2D eigenvalue weighted by Crippen LogP contribution is 2.34. The summed E-state index contributed by atoms with van der Waals surface area (Å²) in [6.45, 7) is 5.85. The largest absolute Gasteiger partial charge is 0.481 e. The Hall–Kier alpha value is -2.12. The van der Waals surface area contributed by atoms with Gasteiger partial charge >= 0.3 is 5.97 Å². The number of carbonyl (C=O) groups excluding carboxylic acids is 2. The molecule has 1 aromatic carbocycles. The topological polar surface area (TPSA) is 55.8 Å². The van der Waals surface area contributed by atoms with Crippen LogP contribution in [0.5, 0.6) is 5.75 Å². The molecule has 0 saturated carbocycles. The van der Waals surface area contributed by atoms with Crippen LogP contribution in [0.2, 0.25) is 0 Å². The van der Waals surface area contributed by atoms with E-state index in [0.717, 1.165) is 0 Å². The molecule has 0 atom stereocenters. The van der Waals surface area contributed by atoms with Crippen molar-refractivity contribution in [3.8, 4) is 5.75 Å². The molecule has 1 heterocycles. The van der Waals surface area contributed by atoms with Gasteiger partial charge < -0.3 is 9.47 Å². The Morgan fingerprint density at radius 1 is 1.42 bits per heavy atom. The van der Waals surface area contributed by atoms with Crippen LogP contribution in [0.4, 0.5) is 0 Å². The fourth-order valence-corrected chi connectivity index (χ4v) is 3.26. The summed E-state index contributed by atoms with van der Waals surface area (Å²) in [6.07, 6.45) is 3.34. The van der Waals surface area contributed by atoms with Gasteiger partial charge in [0, 0.05) is 12.1 Å². The van der Waals surface area contributed by atoms with Crippen LogP contribution in [-0.2, 0) is 14.3 Å². The van der Waals surface area contributed by atoms with Crippen molar-refractivity contribution >= 4 is 46.3 Å². The first-order valence-corrected chi connectivity index (χ1v) is 8.53. The first-order chi connectivity index (χ1) is 11.6. The van der Waals surface area contributed by atoms with Crippen LogP contribution in [0.15, 0.2) is 41.8 Å². The second kappa shape index (κ2) is 8.65. The van der Waals surface area contributed by atoms with Crippen LogP contribution in [0.25, 0.3) is 6.08 Å². The van der Waals surface area contributed by atoms with E-state index in [1.54, 1.807) is 37.3 Å². The lowest BCUT2D eigenvalue weighted by Gasteiger charge is -2.10. The van der Waals surface area contributed by atoms with Crippen molar-refractivity contribution < 1.29 is 19.1 Å². The van der Waals surface area contributed by atoms with E-state index in [1.165, 1.54) is 16.7 Å². The fourth-order valence-electron chi connectivity index (χ4n) is 2.00. The summed E-state index contributed by atoms with van der Waals surface area (Å²) >= 11 is 6.44. The minimum absolute atomic E-state index is 0.162. The van der Waals surface area contributed by atoms with Gasteiger partial charge in [0.15, 0.2) is 6.61 Å². The van der Waals surface area contributed by atoms with Crippen LogP contribution in [0, 0.1) is 0 Å². The predicted molar refractivity (Wildman–Crippen MR) is 98.6 cm³/mol. The third-order valence-electron chi connectivity index (χ3n) is 3.04. The number of hydrogen-bond donors (Lipinski definition) is 0. The molecule has 24 heavy (non-hydrogen) atoms. The van der Waals surface area contributed by atoms with E-state index in [2.05, 4.69) is 6.58 Å². The van der Waals surface area contributed by atoms with Gasteiger partial charge in [-0.1, -0.05) is 48.3 Å². The fraction of sp³-hybridized carbons (Fsp3) is 0.235. The maximum atomic E-state index is 12.4. The van der Waals surface area contributed by atoms with Crippen molar-refractivity contribution in [2.45, 2.75) is 6.92 Å². The number of rotatable bonds is 7. The van der Waals surface area contributed by atoms with Crippen LogP contribution < -0.4 is 4.74 Å². The molecule has 1 amide bonds. The highest BCUT2D eigenvalue weighted by molar-refractivity contribution is 8.26. The molecule has 5 nitrogen and oxygen atoms in total. The van der Waals surface area contributed by atoms with Crippen molar-refractivity contribution in [3.05, 3.63) is 47.4 Å². The standard InChI is InChI=1S/C17H17NO4S2/c1-3-9-18-16(20)14(24-17(18)23)10-12-7-5-6-8-13(12)22-11-15(19)21-4-2/h3,5-8,10H,1,4,9,11H2,2H3/b14-10-. The number of benzene rings is 1. The van der Waals surface area contributed by atoms with E-state index in [-0.39, 0.29) is 12.5 Å². The Kier molecular flexibility index (Phi) is 6.57. The van der Waals surface area contributed by atoms with Crippen LogP contribution >= 0.6 is 24.0 Å². The third kappa shape index (κ3) is 4.46. The first kappa shape index (κ1) is 18.2. The van der Waals surface area contributed by atoms with E-state index in [0.29, 0.717) is 33.7 Å². The molecule has 0 bridgehead atoms. The lowest BCUT2D eigenvalue weighted by molar-refractivity contribution is -0.145. The van der Waals surface area contributed by atoms with Crippen LogP contribution in [0.3, 0.4) is 0 Å². The van der Waals surface area contributed by atoms with Gasteiger partial charge in [0.2, 0.25) is 0 Å².